The number of aliphatic carboxylic acids is 1. The number of rotatable bonds is 2. The summed E-state index contributed by atoms with van der Waals surface area (Å²) in [6.45, 7) is 0. The normalized spacial score (nSPS) is 12.9. The zero-order valence-corrected chi connectivity index (χ0v) is 6.27. The molecule has 11 heavy (non-hydrogen) atoms. The highest BCUT2D eigenvalue weighted by atomic mass is 32.1. The van der Waals surface area contributed by atoms with E-state index in [2.05, 4.69) is 0 Å². The summed E-state index contributed by atoms with van der Waals surface area (Å²) >= 11 is 0.840. The fourth-order valence-corrected chi connectivity index (χ4v) is 1.30. The second-order valence-corrected chi connectivity index (χ2v) is 2.86. The maximum Gasteiger partial charge on any atom is 0.325 e. The number of halogens is 1. The van der Waals surface area contributed by atoms with Crippen molar-refractivity contribution in [1.82, 2.24) is 0 Å². The molecule has 60 valence electrons. The first kappa shape index (κ1) is 8.16. The third-order valence-electron chi connectivity index (χ3n) is 1.21. The summed E-state index contributed by atoms with van der Waals surface area (Å²) in [5, 5.41) is 9.38. The van der Waals surface area contributed by atoms with Gasteiger partial charge in [-0.25, -0.2) is 0 Å². The van der Waals surface area contributed by atoms with E-state index >= 15 is 0 Å². The van der Waals surface area contributed by atoms with E-state index < -0.39 is 17.1 Å². The van der Waals surface area contributed by atoms with Crippen molar-refractivity contribution in [3.05, 3.63) is 22.1 Å². The first-order valence-corrected chi connectivity index (χ1v) is 3.71. The van der Waals surface area contributed by atoms with Gasteiger partial charge in [-0.15, -0.1) is 11.3 Å². The van der Waals surface area contributed by atoms with Gasteiger partial charge in [0.05, 0.1) is 0 Å². The lowest BCUT2D eigenvalue weighted by molar-refractivity contribution is -0.138. The van der Waals surface area contributed by atoms with Crippen LogP contribution in [0.3, 0.4) is 0 Å². The molecule has 0 aliphatic heterocycles. The summed E-state index contributed by atoms with van der Waals surface area (Å²) in [4.78, 5) is 10.3. The number of hydrogen-bond donors (Lipinski definition) is 2. The molecule has 0 saturated heterocycles. The van der Waals surface area contributed by atoms with Crippen LogP contribution in [0, 0.1) is 5.13 Å². The summed E-state index contributed by atoms with van der Waals surface area (Å²) in [6, 6.07) is 0.0134. The van der Waals surface area contributed by atoms with Crippen molar-refractivity contribution in [3.8, 4) is 0 Å². The number of nitrogens with two attached hydrogens (primary N) is 1. The van der Waals surface area contributed by atoms with E-state index in [-0.39, 0.29) is 0 Å². The van der Waals surface area contributed by atoms with E-state index in [4.69, 9.17) is 10.8 Å². The Bertz CT molecular complexity index is 273. The van der Waals surface area contributed by atoms with Gasteiger partial charge in [-0.1, -0.05) is 0 Å². The molecule has 0 aromatic carbocycles. The Kier molecular flexibility index (Phi) is 2.21. The van der Waals surface area contributed by atoms with E-state index in [0.717, 1.165) is 17.4 Å². The Labute approximate surface area is 66.3 Å². The third kappa shape index (κ3) is 1.75. The molecule has 0 radical (unpaired) electrons. The summed E-state index contributed by atoms with van der Waals surface area (Å²) < 4.78 is 12.3. The zero-order valence-electron chi connectivity index (χ0n) is 5.45. The fraction of sp³-hybridized carbons (Fsp3) is 0.167. The Hall–Kier alpha value is -0.940. The SMILES string of the molecule is NC(C(=O)O)c1csc(F)c1. The highest BCUT2D eigenvalue weighted by molar-refractivity contribution is 7.08. The lowest BCUT2D eigenvalue weighted by atomic mass is 10.2. The Morgan fingerprint density at radius 1 is 1.82 bits per heavy atom. The average molecular weight is 175 g/mol. The molecule has 0 bridgehead atoms. The highest BCUT2D eigenvalue weighted by Gasteiger charge is 2.15. The van der Waals surface area contributed by atoms with Crippen molar-refractivity contribution in [2.75, 3.05) is 0 Å². The monoisotopic (exact) mass is 175 g/mol. The summed E-state index contributed by atoms with van der Waals surface area (Å²) in [6.07, 6.45) is 0. The minimum absolute atomic E-state index is 0.306. The van der Waals surface area contributed by atoms with Gasteiger partial charge < -0.3 is 10.8 Å². The maximum absolute atomic E-state index is 12.3. The van der Waals surface area contributed by atoms with Crippen molar-refractivity contribution >= 4 is 17.3 Å². The quantitative estimate of drug-likeness (QED) is 0.704. The lowest BCUT2D eigenvalue weighted by Crippen LogP contribution is -2.19. The zero-order chi connectivity index (χ0) is 8.43. The molecule has 0 fully saturated rings. The summed E-state index contributed by atoms with van der Waals surface area (Å²) in [7, 11) is 0. The van der Waals surface area contributed by atoms with E-state index in [1.807, 2.05) is 0 Å². The van der Waals surface area contributed by atoms with Gasteiger partial charge in [-0.2, -0.15) is 4.39 Å². The molecule has 0 spiro atoms. The summed E-state index contributed by atoms with van der Waals surface area (Å²) in [5.74, 6) is -1.15. The number of thiophene rings is 1. The number of hydrogen-bond acceptors (Lipinski definition) is 3. The molecule has 3 nitrogen and oxygen atoms in total. The third-order valence-corrected chi connectivity index (χ3v) is 1.95. The van der Waals surface area contributed by atoms with Gasteiger partial charge in [0.25, 0.3) is 0 Å². The maximum atomic E-state index is 12.3. The van der Waals surface area contributed by atoms with Crippen molar-refractivity contribution < 1.29 is 14.3 Å². The van der Waals surface area contributed by atoms with Gasteiger partial charge in [-0.05, 0) is 17.0 Å². The van der Waals surface area contributed by atoms with Crippen LogP contribution in [0.2, 0.25) is 0 Å². The molecule has 5 heteroatoms. The van der Waals surface area contributed by atoms with Crippen LogP contribution in [0.5, 0.6) is 0 Å². The first-order chi connectivity index (χ1) is 5.11. The molecule has 1 aromatic heterocycles. The fourth-order valence-electron chi connectivity index (χ4n) is 0.629. The van der Waals surface area contributed by atoms with Crippen molar-refractivity contribution in [2.24, 2.45) is 5.73 Å². The average Bonchev–Trinajstić information content (AvgIpc) is 2.34. The van der Waals surface area contributed by atoms with Crippen LogP contribution in [-0.2, 0) is 4.79 Å². The van der Waals surface area contributed by atoms with Gasteiger partial charge in [-0.3, -0.25) is 4.79 Å². The molecule has 1 atom stereocenters. The largest absolute Gasteiger partial charge is 0.480 e. The second-order valence-electron chi connectivity index (χ2n) is 2.00. The van der Waals surface area contributed by atoms with Crippen molar-refractivity contribution in [2.45, 2.75) is 6.04 Å². The molecule has 0 aliphatic carbocycles. The summed E-state index contributed by atoms with van der Waals surface area (Å²) in [5.41, 5.74) is 5.50. The predicted molar refractivity (Wildman–Crippen MR) is 38.8 cm³/mol. The van der Waals surface area contributed by atoms with Crippen LogP contribution in [0.25, 0.3) is 0 Å². The van der Waals surface area contributed by atoms with Crippen LogP contribution < -0.4 is 5.73 Å². The van der Waals surface area contributed by atoms with Gasteiger partial charge in [0.15, 0.2) is 5.13 Å². The van der Waals surface area contributed by atoms with E-state index in [1.165, 1.54) is 5.38 Å². The smallest absolute Gasteiger partial charge is 0.325 e. The first-order valence-electron chi connectivity index (χ1n) is 2.83. The van der Waals surface area contributed by atoms with Crippen molar-refractivity contribution in [3.63, 3.8) is 0 Å². The highest BCUT2D eigenvalue weighted by Crippen LogP contribution is 2.17. The Balaban J connectivity index is 2.84. The molecule has 1 heterocycles. The van der Waals surface area contributed by atoms with Crippen LogP contribution in [0.1, 0.15) is 11.6 Å². The topological polar surface area (TPSA) is 63.3 Å². The minimum Gasteiger partial charge on any atom is -0.480 e. The predicted octanol–water partition coefficient (Wildman–Crippen LogP) is 0.972. The van der Waals surface area contributed by atoms with Gasteiger partial charge in [0, 0.05) is 0 Å². The molecule has 1 unspecified atom stereocenters. The molecular formula is C6H6FNO2S. The Morgan fingerprint density at radius 3 is 2.82 bits per heavy atom. The van der Waals surface area contributed by atoms with Gasteiger partial charge in [0.2, 0.25) is 0 Å². The molecule has 1 aromatic rings. The molecule has 3 N–H and O–H groups in total. The molecule has 1 rings (SSSR count). The number of carboxylic acid groups (broad SMARTS) is 1. The van der Waals surface area contributed by atoms with E-state index in [9.17, 15) is 9.18 Å². The van der Waals surface area contributed by atoms with Crippen LogP contribution in [0.4, 0.5) is 4.39 Å². The Morgan fingerprint density at radius 2 is 2.45 bits per heavy atom. The minimum atomic E-state index is -1.15. The number of carbonyl (C=O) groups is 1. The molecule has 0 aliphatic rings. The molecule has 0 saturated carbocycles. The van der Waals surface area contributed by atoms with Gasteiger partial charge in [0.1, 0.15) is 6.04 Å². The van der Waals surface area contributed by atoms with E-state index in [0.29, 0.717) is 5.56 Å². The lowest BCUT2D eigenvalue weighted by Gasteiger charge is -2.00. The van der Waals surface area contributed by atoms with Crippen LogP contribution >= 0.6 is 11.3 Å². The van der Waals surface area contributed by atoms with Crippen LogP contribution in [0.15, 0.2) is 11.4 Å². The molecular weight excluding hydrogens is 169 g/mol. The second kappa shape index (κ2) is 2.98. The molecule has 0 amide bonds. The number of carboxylic acids is 1. The standard InChI is InChI=1S/C6H6FNO2S/c7-4-1-3(2-11-4)5(8)6(9)10/h1-2,5H,8H2,(H,9,10). The van der Waals surface area contributed by atoms with Crippen molar-refractivity contribution in [1.29, 1.82) is 0 Å². The van der Waals surface area contributed by atoms with Crippen LogP contribution in [-0.4, -0.2) is 11.1 Å². The van der Waals surface area contributed by atoms with Gasteiger partial charge >= 0.3 is 5.97 Å². The van der Waals surface area contributed by atoms with E-state index in [1.54, 1.807) is 0 Å².